The molecule has 0 bridgehead atoms. The molecule has 1 amide bonds. The van der Waals surface area contributed by atoms with Crippen LogP contribution >= 0.6 is 0 Å². The number of aryl methyl sites for hydroxylation is 3. The predicted octanol–water partition coefficient (Wildman–Crippen LogP) is 5.95. The Morgan fingerprint density at radius 2 is 1.97 bits per heavy atom. The van der Waals surface area contributed by atoms with E-state index in [9.17, 15) is 9.18 Å². The summed E-state index contributed by atoms with van der Waals surface area (Å²) >= 11 is 0. The number of benzene rings is 2. The van der Waals surface area contributed by atoms with Gasteiger partial charge in [0.1, 0.15) is 5.82 Å². The van der Waals surface area contributed by atoms with E-state index in [4.69, 9.17) is 0 Å². The van der Waals surface area contributed by atoms with E-state index in [1.54, 1.807) is 18.3 Å². The third kappa shape index (κ3) is 4.25. The second kappa shape index (κ2) is 8.49. The van der Waals surface area contributed by atoms with Crippen molar-refractivity contribution < 1.29 is 9.18 Å². The number of hydrogen-bond donors (Lipinski definition) is 2. The Kier molecular flexibility index (Phi) is 5.61. The lowest BCUT2D eigenvalue weighted by Gasteiger charge is -2.10. The standard InChI is InChI=1S/C25H24FN3O/c1-16-9-10-17(2)23(14-16)28-24(30)8-5-6-19-20-15-18(26)11-12-21(20)29-25(19)22-7-3-4-13-27-22/h3-4,7,9-15,29H,5-6,8H2,1-2H3,(H,28,30). The van der Waals surface area contributed by atoms with Crippen molar-refractivity contribution in [1.29, 1.82) is 0 Å². The highest BCUT2D eigenvalue weighted by molar-refractivity contribution is 5.92. The van der Waals surface area contributed by atoms with Crippen LogP contribution in [0.5, 0.6) is 0 Å². The first kappa shape index (κ1) is 19.8. The third-order valence-electron chi connectivity index (χ3n) is 5.29. The number of carbonyl (C=O) groups excluding carboxylic acids is 1. The van der Waals surface area contributed by atoms with Gasteiger partial charge in [-0.15, -0.1) is 0 Å². The van der Waals surface area contributed by atoms with Crippen molar-refractivity contribution in [3.05, 3.63) is 83.3 Å². The van der Waals surface area contributed by atoms with Gasteiger partial charge in [-0.1, -0.05) is 18.2 Å². The summed E-state index contributed by atoms with van der Waals surface area (Å²) in [4.78, 5) is 20.3. The van der Waals surface area contributed by atoms with Crippen LogP contribution in [0.1, 0.15) is 29.5 Å². The summed E-state index contributed by atoms with van der Waals surface area (Å²) in [6, 6.07) is 16.5. The summed E-state index contributed by atoms with van der Waals surface area (Å²) in [5.41, 5.74) is 6.54. The monoisotopic (exact) mass is 401 g/mol. The van der Waals surface area contributed by atoms with Gasteiger partial charge in [-0.05, 0) is 79.8 Å². The van der Waals surface area contributed by atoms with E-state index >= 15 is 0 Å². The first-order valence-corrected chi connectivity index (χ1v) is 10.1. The van der Waals surface area contributed by atoms with Gasteiger partial charge in [0.15, 0.2) is 0 Å². The molecule has 0 unspecified atom stereocenters. The first-order valence-electron chi connectivity index (χ1n) is 10.1. The summed E-state index contributed by atoms with van der Waals surface area (Å²) in [6.45, 7) is 3.99. The van der Waals surface area contributed by atoms with Crippen LogP contribution in [0.2, 0.25) is 0 Å². The minimum Gasteiger partial charge on any atom is -0.353 e. The zero-order chi connectivity index (χ0) is 21.1. The van der Waals surface area contributed by atoms with Gasteiger partial charge >= 0.3 is 0 Å². The molecule has 2 N–H and O–H groups in total. The van der Waals surface area contributed by atoms with Crippen LogP contribution in [-0.2, 0) is 11.2 Å². The van der Waals surface area contributed by atoms with Crippen LogP contribution in [-0.4, -0.2) is 15.9 Å². The summed E-state index contributed by atoms with van der Waals surface area (Å²) in [5, 5.41) is 3.84. The Hall–Kier alpha value is -3.47. The fraction of sp³-hybridized carbons (Fsp3) is 0.200. The van der Waals surface area contributed by atoms with Crippen molar-refractivity contribution >= 4 is 22.5 Å². The summed E-state index contributed by atoms with van der Waals surface area (Å²) in [7, 11) is 0. The Balaban J connectivity index is 1.52. The quantitative estimate of drug-likeness (QED) is 0.420. The molecule has 0 spiro atoms. The first-order chi connectivity index (χ1) is 14.5. The maximum atomic E-state index is 13.9. The molecule has 0 atom stereocenters. The number of nitrogens with one attached hydrogen (secondary N) is 2. The van der Waals surface area contributed by atoms with Crippen LogP contribution in [0.15, 0.2) is 60.8 Å². The van der Waals surface area contributed by atoms with Gasteiger partial charge in [-0.2, -0.15) is 0 Å². The molecule has 2 aromatic carbocycles. The van der Waals surface area contributed by atoms with Gasteiger partial charge in [0, 0.05) is 29.2 Å². The van der Waals surface area contributed by atoms with Crippen molar-refractivity contribution in [2.24, 2.45) is 0 Å². The predicted molar refractivity (Wildman–Crippen MR) is 119 cm³/mol. The maximum Gasteiger partial charge on any atom is 0.224 e. The molecule has 152 valence electrons. The molecule has 5 heteroatoms. The third-order valence-corrected chi connectivity index (χ3v) is 5.29. The average molecular weight is 401 g/mol. The molecule has 0 aliphatic carbocycles. The summed E-state index contributed by atoms with van der Waals surface area (Å²) in [5.74, 6) is -0.294. The van der Waals surface area contributed by atoms with E-state index in [0.29, 0.717) is 19.3 Å². The number of H-pyrrole nitrogens is 1. The number of fused-ring (bicyclic) bond motifs is 1. The normalized spacial score (nSPS) is 11.0. The highest BCUT2D eigenvalue weighted by Crippen LogP contribution is 2.31. The zero-order valence-electron chi connectivity index (χ0n) is 17.1. The molecular formula is C25H24FN3O. The van der Waals surface area contributed by atoms with Gasteiger partial charge in [0.05, 0.1) is 11.4 Å². The zero-order valence-corrected chi connectivity index (χ0v) is 17.1. The summed E-state index contributed by atoms with van der Waals surface area (Å²) < 4.78 is 13.9. The largest absolute Gasteiger partial charge is 0.353 e. The van der Waals surface area contributed by atoms with Gasteiger partial charge in [-0.25, -0.2) is 4.39 Å². The molecule has 4 nitrogen and oxygen atoms in total. The van der Waals surface area contributed by atoms with Gasteiger partial charge in [0.2, 0.25) is 5.91 Å². The Morgan fingerprint density at radius 1 is 1.10 bits per heavy atom. The van der Waals surface area contributed by atoms with E-state index in [-0.39, 0.29) is 11.7 Å². The molecule has 4 aromatic rings. The van der Waals surface area contributed by atoms with Crippen LogP contribution in [0.25, 0.3) is 22.3 Å². The van der Waals surface area contributed by atoms with Crippen molar-refractivity contribution in [3.8, 4) is 11.4 Å². The molecule has 0 aliphatic rings. The van der Waals surface area contributed by atoms with Crippen LogP contribution in [0.4, 0.5) is 10.1 Å². The fourth-order valence-electron chi connectivity index (χ4n) is 3.72. The van der Waals surface area contributed by atoms with Crippen molar-refractivity contribution in [2.45, 2.75) is 33.1 Å². The van der Waals surface area contributed by atoms with E-state index in [1.807, 2.05) is 50.2 Å². The second-order valence-corrected chi connectivity index (χ2v) is 7.60. The fourth-order valence-corrected chi connectivity index (χ4v) is 3.72. The van der Waals surface area contributed by atoms with Crippen LogP contribution < -0.4 is 5.32 Å². The van der Waals surface area contributed by atoms with E-state index in [1.165, 1.54) is 6.07 Å². The highest BCUT2D eigenvalue weighted by atomic mass is 19.1. The molecule has 4 rings (SSSR count). The average Bonchev–Trinajstić information content (AvgIpc) is 3.09. The highest BCUT2D eigenvalue weighted by Gasteiger charge is 2.15. The van der Waals surface area contributed by atoms with Crippen LogP contribution in [0, 0.1) is 19.7 Å². The molecule has 2 aromatic heterocycles. The van der Waals surface area contributed by atoms with E-state index in [0.717, 1.165) is 44.7 Å². The number of halogens is 1. The number of aromatic nitrogens is 2. The second-order valence-electron chi connectivity index (χ2n) is 7.60. The topological polar surface area (TPSA) is 57.8 Å². The number of nitrogens with zero attached hydrogens (tertiary/aromatic N) is 1. The SMILES string of the molecule is Cc1ccc(C)c(NC(=O)CCCc2c(-c3ccccn3)[nH]c3ccc(F)cc23)c1. The van der Waals surface area contributed by atoms with Gasteiger partial charge in [-0.3, -0.25) is 9.78 Å². The molecular weight excluding hydrogens is 377 g/mol. The molecule has 0 radical (unpaired) electrons. The lowest BCUT2D eigenvalue weighted by Crippen LogP contribution is -2.12. The number of carbonyl (C=O) groups is 1. The van der Waals surface area contributed by atoms with Crippen LogP contribution in [0.3, 0.4) is 0 Å². The number of hydrogen-bond acceptors (Lipinski definition) is 2. The Bertz CT molecular complexity index is 1200. The van der Waals surface area contributed by atoms with E-state index < -0.39 is 0 Å². The molecule has 0 aliphatic heterocycles. The number of amides is 1. The molecule has 0 saturated carbocycles. The summed E-state index contributed by atoms with van der Waals surface area (Å²) in [6.07, 6.45) is 3.43. The van der Waals surface area contributed by atoms with Crippen molar-refractivity contribution in [3.63, 3.8) is 0 Å². The van der Waals surface area contributed by atoms with E-state index in [2.05, 4.69) is 15.3 Å². The lowest BCUT2D eigenvalue weighted by atomic mass is 10.0. The minimum absolute atomic E-state index is 0.0193. The maximum absolute atomic E-state index is 13.9. The van der Waals surface area contributed by atoms with Crippen molar-refractivity contribution in [2.75, 3.05) is 5.32 Å². The molecule has 30 heavy (non-hydrogen) atoms. The number of rotatable bonds is 6. The number of aromatic amines is 1. The van der Waals surface area contributed by atoms with Gasteiger partial charge < -0.3 is 10.3 Å². The van der Waals surface area contributed by atoms with Gasteiger partial charge in [0.25, 0.3) is 0 Å². The lowest BCUT2D eigenvalue weighted by molar-refractivity contribution is -0.116. The number of anilines is 1. The Labute approximate surface area is 175 Å². The van der Waals surface area contributed by atoms with Crippen molar-refractivity contribution in [1.82, 2.24) is 9.97 Å². The molecule has 2 heterocycles. The molecule has 0 fully saturated rings. The Morgan fingerprint density at radius 3 is 2.77 bits per heavy atom. The number of pyridine rings is 1. The molecule has 0 saturated heterocycles. The smallest absolute Gasteiger partial charge is 0.224 e. The minimum atomic E-state index is -0.275.